The lowest BCUT2D eigenvalue weighted by Crippen LogP contribution is -2.16. The average Bonchev–Trinajstić information content (AvgIpc) is 3.12. The molecule has 0 radical (unpaired) electrons. The molecule has 1 aromatic rings. The van der Waals surface area contributed by atoms with Crippen LogP contribution in [0.5, 0.6) is 5.75 Å². The second-order valence-corrected chi connectivity index (χ2v) is 5.41. The predicted molar refractivity (Wildman–Crippen MR) is 71.2 cm³/mol. The van der Waals surface area contributed by atoms with Crippen molar-refractivity contribution in [3.05, 3.63) is 29.6 Å². The van der Waals surface area contributed by atoms with Crippen molar-refractivity contribution in [2.45, 2.75) is 45.7 Å². The number of hydrogen-bond donors (Lipinski definition) is 1. The van der Waals surface area contributed by atoms with Crippen LogP contribution in [0, 0.1) is 11.7 Å². The van der Waals surface area contributed by atoms with Gasteiger partial charge in [-0.3, -0.25) is 0 Å². The maximum atomic E-state index is 13.8. The fourth-order valence-corrected chi connectivity index (χ4v) is 1.79. The first-order chi connectivity index (χ1) is 8.66. The quantitative estimate of drug-likeness (QED) is 0.800. The van der Waals surface area contributed by atoms with Crippen LogP contribution < -0.4 is 10.1 Å². The zero-order chi connectivity index (χ0) is 13.0. The summed E-state index contributed by atoms with van der Waals surface area (Å²) in [6, 6.07) is 5.76. The number of halogens is 1. The third-order valence-corrected chi connectivity index (χ3v) is 3.15. The Morgan fingerprint density at radius 3 is 2.83 bits per heavy atom. The van der Waals surface area contributed by atoms with E-state index in [1.54, 1.807) is 6.07 Å². The fraction of sp³-hybridized carbons (Fsp3) is 0.600. The molecular weight excluding hydrogens is 229 g/mol. The molecule has 1 N–H and O–H groups in total. The van der Waals surface area contributed by atoms with Crippen LogP contribution in [-0.2, 0) is 6.54 Å². The van der Waals surface area contributed by atoms with E-state index < -0.39 is 0 Å². The van der Waals surface area contributed by atoms with Gasteiger partial charge in [0.25, 0.3) is 0 Å². The first-order valence-corrected chi connectivity index (χ1v) is 6.80. The highest BCUT2D eigenvalue weighted by atomic mass is 19.1. The monoisotopic (exact) mass is 251 g/mol. The van der Waals surface area contributed by atoms with Gasteiger partial charge in [-0.2, -0.15) is 0 Å². The summed E-state index contributed by atoms with van der Waals surface area (Å²) in [7, 11) is 0. The van der Waals surface area contributed by atoms with Crippen LogP contribution in [0.2, 0.25) is 0 Å². The largest absolute Gasteiger partial charge is 0.490 e. The Balaban J connectivity index is 1.95. The van der Waals surface area contributed by atoms with Gasteiger partial charge in [-0.15, -0.1) is 0 Å². The Bertz CT molecular complexity index is 388. The van der Waals surface area contributed by atoms with E-state index in [2.05, 4.69) is 19.2 Å². The van der Waals surface area contributed by atoms with Crippen molar-refractivity contribution in [2.75, 3.05) is 6.61 Å². The van der Waals surface area contributed by atoms with E-state index in [0.717, 1.165) is 12.0 Å². The molecule has 0 aliphatic heterocycles. The number of rotatable bonds is 7. The summed E-state index contributed by atoms with van der Waals surface area (Å²) in [5.74, 6) is 0.741. The molecular formula is C15H22FNO. The van der Waals surface area contributed by atoms with Crippen molar-refractivity contribution in [3.63, 3.8) is 0 Å². The Kier molecular flexibility index (Phi) is 4.59. The third-order valence-electron chi connectivity index (χ3n) is 3.15. The van der Waals surface area contributed by atoms with E-state index in [0.29, 0.717) is 30.9 Å². The van der Waals surface area contributed by atoms with Crippen LogP contribution in [0.3, 0.4) is 0 Å². The molecule has 3 heteroatoms. The second kappa shape index (κ2) is 6.19. The van der Waals surface area contributed by atoms with Gasteiger partial charge < -0.3 is 10.1 Å². The predicted octanol–water partition coefficient (Wildman–Crippen LogP) is 3.50. The van der Waals surface area contributed by atoms with Crippen molar-refractivity contribution in [3.8, 4) is 5.75 Å². The summed E-state index contributed by atoms with van der Waals surface area (Å²) >= 11 is 0. The Labute approximate surface area is 109 Å². The van der Waals surface area contributed by atoms with Crippen LogP contribution >= 0.6 is 0 Å². The highest BCUT2D eigenvalue weighted by Crippen LogP contribution is 2.25. The molecule has 0 heterocycles. The van der Waals surface area contributed by atoms with Crippen molar-refractivity contribution in [1.29, 1.82) is 0 Å². The SMILES string of the molecule is CC(C)CCOc1c(F)cccc1CNC1CC1. The van der Waals surface area contributed by atoms with Gasteiger partial charge in [0.1, 0.15) is 0 Å². The van der Waals surface area contributed by atoms with Crippen LogP contribution in [0.1, 0.15) is 38.7 Å². The van der Waals surface area contributed by atoms with E-state index in [1.165, 1.54) is 18.9 Å². The van der Waals surface area contributed by atoms with Crippen LogP contribution in [0.25, 0.3) is 0 Å². The molecule has 1 aliphatic carbocycles. The molecule has 1 fully saturated rings. The molecule has 0 aromatic heterocycles. The van der Waals surface area contributed by atoms with Crippen molar-refractivity contribution in [2.24, 2.45) is 5.92 Å². The topological polar surface area (TPSA) is 21.3 Å². The number of para-hydroxylation sites is 1. The average molecular weight is 251 g/mol. The molecule has 0 atom stereocenters. The van der Waals surface area contributed by atoms with Gasteiger partial charge in [0.2, 0.25) is 0 Å². The summed E-state index contributed by atoms with van der Waals surface area (Å²) in [5.41, 5.74) is 0.922. The van der Waals surface area contributed by atoms with Gasteiger partial charge >= 0.3 is 0 Å². The van der Waals surface area contributed by atoms with Crippen molar-refractivity contribution in [1.82, 2.24) is 5.32 Å². The second-order valence-electron chi connectivity index (χ2n) is 5.41. The van der Waals surface area contributed by atoms with Gasteiger partial charge in [0, 0.05) is 18.2 Å². The highest BCUT2D eigenvalue weighted by molar-refractivity contribution is 5.35. The van der Waals surface area contributed by atoms with Crippen LogP contribution in [0.4, 0.5) is 4.39 Å². The third kappa shape index (κ3) is 3.98. The van der Waals surface area contributed by atoms with Crippen molar-refractivity contribution < 1.29 is 9.13 Å². The molecule has 2 rings (SSSR count). The van der Waals surface area contributed by atoms with Gasteiger partial charge in [-0.25, -0.2) is 4.39 Å². The maximum Gasteiger partial charge on any atom is 0.165 e. The van der Waals surface area contributed by atoms with E-state index in [9.17, 15) is 4.39 Å². The molecule has 100 valence electrons. The number of benzene rings is 1. The number of nitrogens with one attached hydrogen (secondary N) is 1. The van der Waals surface area contributed by atoms with E-state index >= 15 is 0 Å². The van der Waals surface area contributed by atoms with Crippen molar-refractivity contribution >= 4 is 0 Å². The Morgan fingerprint density at radius 2 is 2.17 bits per heavy atom. The van der Waals surface area contributed by atoms with Crippen LogP contribution in [-0.4, -0.2) is 12.6 Å². The molecule has 0 bridgehead atoms. The first-order valence-electron chi connectivity index (χ1n) is 6.80. The molecule has 0 amide bonds. The minimum atomic E-state index is -0.256. The molecule has 1 saturated carbocycles. The minimum Gasteiger partial charge on any atom is -0.490 e. The normalized spacial score (nSPS) is 15.1. The van der Waals surface area contributed by atoms with Crippen LogP contribution in [0.15, 0.2) is 18.2 Å². The first kappa shape index (κ1) is 13.3. The van der Waals surface area contributed by atoms with Gasteiger partial charge in [0.05, 0.1) is 6.61 Å². The summed E-state index contributed by atoms with van der Waals surface area (Å²) in [6.07, 6.45) is 3.42. The zero-order valence-corrected chi connectivity index (χ0v) is 11.2. The van der Waals surface area contributed by atoms with Gasteiger partial charge in [-0.05, 0) is 31.2 Å². The van der Waals surface area contributed by atoms with E-state index in [-0.39, 0.29) is 5.82 Å². The Morgan fingerprint density at radius 1 is 1.39 bits per heavy atom. The highest BCUT2D eigenvalue weighted by Gasteiger charge is 2.21. The molecule has 0 saturated heterocycles. The Hall–Kier alpha value is -1.09. The minimum absolute atomic E-state index is 0.256. The molecule has 1 aliphatic rings. The zero-order valence-electron chi connectivity index (χ0n) is 11.2. The summed E-state index contributed by atoms with van der Waals surface area (Å²) in [5, 5.41) is 3.39. The lowest BCUT2D eigenvalue weighted by atomic mass is 10.1. The number of hydrogen-bond acceptors (Lipinski definition) is 2. The van der Waals surface area contributed by atoms with Gasteiger partial charge in [-0.1, -0.05) is 26.0 Å². The molecule has 18 heavy (non-hydrogen) atoms. The van der Waals surface area contributed by atoms with Gasteiger partial charge in [0.15, 0.2) is 11.6 Å². The smallest absolute Gasteiger partial charge is 0.165 e. The number of ether oxygens (including phenoxy) is 1. The standard InChI is InChI=1S/C15H22FNO/c1-11(2)8-9-18-15-12(4-3-5-14(15)16)10-17-13-6-7-13/h3-5,11,13,17H,6-10H2,1-2H3. The summed E-state index contributed by atoms with van der Waals surface area (Å²) < 4.78 is 19.4. The fourth-order valence-electron chi connectivity index (χ4n) is 1.79. The lowest BCUT2D eigenvalue weighted by Gasteiger charge is -2.13. The lowest BCUT2D eigenvalue weighted by molar-refractivity contribution is 0.273. The molecule has 0 unspecified atom stereocenters. The van der Waals surface area contributed by atoms with E-state index in [1.807, 2.05) is 6.07 Å². The van der Waals surface area contributed by atoms with E-state index in [4.69, 9.17) is 4.74 Å². The maximum absolute atomic E-state index is 13.8. The molecule has 2 nitrogen and oxygen atoms in total. The summed E-state index contributed by atoms with van der Waals surface area (Å²) in [6.45, 7) is 5.55. The molecule has 1 aromatic carbocycles. The summed E-state index contributed by atoms with van der Waals surface area (Å²) in [4.78, 5) is 0. The molecule has 0 spiro atoms.